The zero-order valence-electron chi connectivity index (χ0n) is 13.4. The van der Waals surface area contributed by atoms with Gasteiger partial charge in [0.1, 0.15) is 0 Å². The predicted molar refractivity (Wildman–Crippen MR) is 88.1 cm³/mol. The van der Waals surface area contributed by atoms with Crippen molar-refractivity contribution in [2.45, 2.75) is 38.4 Å². The molecule has 0 aromatic heterocycles. The van der Waals surface area contributed by atoms with E-state index in [0.717, 1.165) is 32.2 Å². The Morgan fingerprint density at radius 3 is 2.68 bits per heavy atom. The summed E-state index contributed by atoms with van der Waals surface area (Å²) >= 11 is 0. The Hall–Kier alpha value is -0.950. The zero-order valence-corrected chi connectivity index (χ0v) is 14.2. The molecule has 1 aliphatic heterocycles. The van der Waals surface area contributed by atoms with E-state index >= 15 is 0 Å². The SMILES string of the molecule is CC1CC(NCc2ccccc2)CCN1CCOS(C)(=O)=O. The molecule has 1 aromatic rings. The van der Waals surface area contributed by atoms with Gasteiger partial charge in [-0.2, -0.15) is 8.42 Å². The molecule has 1 aliphatic rings. The summed E-state index contributed by atoms with van der Waals surface area (Å²) < 4.78 is 26.8. The van der Waals surface area contributed by atoms with Crippen LogP contribution in [0, 0.1) is 0 Å². The van der Waals surface area contributed by atoms with Gasteiger partial charge in [0.25, 0.3) is 10.1 Å². The lowest BCUT2D eigenvalue weighted by Gasteiger charge is -2.38. The first-order chi connectivity index (χ1) is 10.4. The highest BCUT2D eigenvalue weighted by molar-refractivity contribution is 7.85. The highest BCUT2D eigenvalue weighted by Gasteiger charge is 2.24. The second-order valence-electron chi connectivity index (χ2n) is 6.00. The molecule has 1 aromatic carbocycles. The summed E-state index contributed by atoms with van der Waals surface area (Å²) in [7, 11) is -3.33. The van der Waals surface area contributed by atoms with Gasteiger partial charge in [0.15, 0.2) is 0 Å². The van der Waals surface area contributed by atoms with Crippen molar-refractivity contribution in [1.82, 2.24) is 10.2 Å². The van der Waals surface area contributed by atoms with Crippen molar-refractivity contribution in [1.29, 1.82) is 0 Å². The number of nitrogens with zero attached hydrogens (tertiary/aromatic N) is 1. The molecule has 5 nitrogen and oxygen atoms in total. The largest absolute Gasteiger partial charge is 0.310 e. The van der Waals surface area contributed by atoms with Crippen LogP contribution in [0.3, 0.4) is 0 Å². The Bertz CT molecular complexity index is 548. The van der Waals surface area contributed by atoms with E-state index in [1.807, 2.05) is 6.07 Å². The summed E-state index contributed by atoms with van der Waals surface area (Å²) in [5, 5.41) is 3.62. The van der Waals surface area contributed by atoms with E-state index in [-0.39, 0.29) is 6.61 Å². The number of nitrogens with one attached hydrogen (secondary N) is 1. The van der Waals surface area contributed by atoms with Crippen LogP contribution >= 0.6 is 0 Å². The smallest absolute Gasteiger partial charge is 0.264 e. The molecule has 2 atom stereocenters. The Balaban J connectivity index is 1.70. The topological polar surface area (TPSA) is 58.6 Å². The van der Waals surface area contributed by atoms with Gasteiger partial charge >= 0.3 is 0 Å². The summed E-state index contributed by atoms with van der Waals surface area (Å²) in [4.78, 5) is 2.30. The minimum absolute atomic E-state index is 0.241. The van der Waals surface area contributed by atoms with Gasteiger partial charge in [-0.05, 0) is 31.9 Å². The van der Waals surface area contributed by atoms with Gasteiger partial charge in [0.2, 0.25) is 0 Å². The lowest BCUT2D eigenvalue weighted by Crippen LogP contribution is -2.48. The molecule has 0 aliphatic carbocycles. The second-order valence-corrected chi connectivity index (χ2v) is 7.64. The molecule has 0 radical (unpaired) electrons. The van der Waals surface area contributed by atoms with Crippen LogP contribution in [0.5, 0.6) is 0 Å². The van der Waals surface area contributed by atoms with Crippen LogP contribution in [0.2, 0.25) is 0 Å². The standard InChI is InChI=1S/C16H26N2O3S/c1-14-12-16(17-13-15-6-4-3-5-7-15)8-9-18(14)10-11-21-22(2,19)20/h3-7,14,16-17H,8-13H2,1-2H3. The van der Waals surface area contributed by atoms with Crippen LogP contribution < -0.4 is 5.32 Å². The fourth-order valence-electron chi connectivity index (χ4n) is 2.90. The summed E-state index contributed by atoms with van der Waals surface area (Å²) in [6, 6.07) is 11.4. The summed E-state index contributed by atoms with van der Waals surface area (Å²) in [5.74, 6) is 0. The van der Waals surface area contributed by atoms with Gasteiger partial charge in [-0.25, -0.2) is 0 Å². The lowest BCUT2D eigenvalue weighted by atomic mass is 9.98. The molecule has 0 saturated carbocycles. The molecule has 1 saturated heterocycles. The average molecular weight is 326 g/mol. The number of hydrogen-bond donors (Lipinski definition) is 1. The first-order valence-electron chi connectivity index (χ1n) is 7.80. The molecule has 1 heterocycles. The van der Waals surface area contributed by atoms with Gasteiger partial charge in [0.05, 0.1) is 12.9 Å². The maximum absolute atomic E-state index is 11.0. The molecule has 22 heavy (non-hydrogen) atoms. The predicted octanol–water partition coefficient (Wildman–Crippen LogP) is 1.61. The number of likely N-dealkylation sites (tertiary alicyclic amines) is 1. The maximum Gasteiger partial charge on any atom is 0.264 e. The van der Waals surface area contributed by atoms with Crippen LogP contribution in [-0.2, 0) is 20.8 Å². The molecule has 0 amide bonds. The minimum Gasteiger partial charge on any atom is -0.310 e. The van der Waals surface area contributed by atoms with E-state index in [2.05, 4.69) is 41.4 Å². The highest BCUT2D eigenvalue weighted by atomic mass is 32.2. The van der Waals surface area contributed by atoms with Gasteiger partial charge in [-0.3, -0.25) is 9.08 Å². The van der Waals surface area contributed by atoms with Crippen molar-refractivity contribution >= 4 is 10.1 Å². The summed E-state index contributed by atoms with van der Waals surface area (Å²) in [6.45, 7) is 4.97. The molecule has 1 N–H and O–H groups in total. The van der Waals surface area contributed by atoms with Crippen LogP contribution in [0.4, 0.5) is 0 Å². The van der Waals surface area contributed by atoms with Gasteiger partial charge < -0.3 is 5.32 Å². The summed E-state index contributed by atoms with van der Waals surface area (Å²) in [5.41, 5.74) is 1.30. The number of benzene rings is 1. The first-order valence-corrected chi connectivity index (χ1v) is 9.61. The third-order valence-corrected chi connectivity index (χ3v) is 4.72. The van der Waals surface area contributed by atoms with E-state index in [0.29, 0.717) is 18.6 Å². The van der Waals surface area contributed by atoms with Crippen molar-refractivity contribution in [3.05, 3.63) is 35.9 Å². The zero-order chi connectivity index (χ0) is 16.0. The van der Waals surface area contributed by atoms with Gasteiger partial charge in [0, 0.05) is 25.2 Å². The monoisotopic (exact) mass is 326 g/mol. The molecular weight excluding hydrogens is 300 g/mol. The Morgan fingerprint density at radius 1 is 1.32 bits per heavy atom. The fourth-order valence-corrected chi connectivity index (χ4v) is 3.28. The molecular formula is C16H26N2O3S. The summed E-state index contributed by atoms with van der Waals surface area (Å²) in [6.07, 6.45) is 3.25. The molecule has 2 rings (SSSR count). The normalized spacial score (nSPS) is 23.5. The third kappa shape index (κ3) is 6.04. The van der Waals surface area contributed by atoms with Crippen LogP contribution in [0.1, 0.15) is 25.3 Å². The highest BCUT2D eigenvalue weighted by Crippen LogP contribution is 2.17. The Kier molecular flexibility index (Phi) is 6.37. The quantitative estimate of drug-likeness (QED) is 0.772. The number of hydrogen-bond acceptors (Lipinski definition) is 5. The first kappa shape index (κ1) is 17.4. The van der Waals surface area contributed by atoms with E-state index in [4.69, 9.17) is 4.18 Å². The van der Waals surface area contributed by atoms with Crippen molar-refractivity contribution in [3.63, 3.8) is 0 Å². The molecule has 0 bridgehead atoms. The average Bonchev–Trinajstić information content (AvgIpc) is 2.47. The molecule has 0 spiro atoms. The number of rotatable bonds is 7. The van der Waals surface area contributed by atoms with Crippen molar-refractivity contribution < 1.29 is 12.6 Å². The lowest BCUT2D eigenvalue weighted by molar-refractivity contribution is 0.116. The van der Waals surface area contributed by atoms with Crippen molar-refractivity contribution in [2.24, 2.45) is 0 Å². The van der Waals surface area contributed by atoms with E-state index in [9.17, 15) is 8.42 Å². The minimum atomic E-state index is -3.33. The van der Waals surface area contributed by atoms with E-state index < -0.39 is 10.1 Å². The van der Waals surface area contributed by atoms with Crippen LogP contribution in [0.15, 0.2) is 30.3 Å². The number of piperidine rings is 1. The third-order valence-electron chi connectivity index (χ3n) is 4.13. The van der Waals surface area contributed by atoms with Crippen molar-refractivity contribution in [2.75, 3.05) is 26.0 Å². The molecule has 124 valence electrons. The molecule has 6 heteroatoms. The van der Waals surface area contributed by atoms with Crippen LogP contribution in [-0.4, -0.2) is 51.4 Å². The molecule has 1 fully saturated rings. The van der Waals surface area contributed by atoms with Gasteiger partial charge in [-0.15, -0.1) is 0 Å². The second kappa shape index (κ2) is 8.06. The van der Waals surface area contributed by atoms with Gasteiger partial charge in [-0.1, -0.05) is 30.3 Å². The maximum atomic E-state index is 11.0. The van der Waals surface area contributed by atoms with E-state index in [1.54, 1.807) is 0 Å². The fraction of sp³-hybridized carbons (Fsp3) is 0.625. The molecule has 2 unspecified atom stereocenters. The van der Waals surface area contributed by atoms with Crippen molar-refractivity contribution in [3.8, 4) is 0 Å². The Labute approximate surface area is 133 Å². The Morgan fingerprint density at radius 2 is 2.05 bits per heavy atom. The van der Waals surface area contributed by atoms with E-state index in [1.165, 1.54) is 5.56 Å². The van der Waals surface area contributed by atoms with Crippen LogP contribution in [0.25, 0.3) is 0 Å².